The quantitative estimate of drug-likeness (QED) is 0.523. The molecule has 3 aromatic carbocycles. The Bertz CT molecular complexity index is 1110. The number of para-hydroxylation sites is 1. The van der Waals surface area contributed by atoms with Gasteiger partial charge in [-0.3, -0.25) is 14.5 Å². The van der Waals surface area contributed by atoms with E-state index in [4.69, 9.17) is 0 Å². The van der Waals surface area contributed by atoms with Crippen LogP contribution in [0.5, 0.6) is 0 Å². The molecule has 0 aromatic heterocycles. The summed E-state index contributed by atoms with van der Waals surface area (Å²) in [5.74, 6) is 0.439. The molecule has 0 aliphatic carbocycles. The van der Waals surface area contributed by atoms with Crippen LogP contribution in [0.25, 0.3) is 0 Å². The van der Waals surface area contributed by atoms with Crippen LogP contribution in [0.4, 0.5) is 11.4 Å². The largest absolute Gasteiger partial charge is 0.322 e. The van der Waals surface area contributed by atoms with Crippen molar-refractivity contribution in [2.24, 2.45) is 0 Å². The van der Waals surface area contributed by atoms with Crippen LogP contribution in [-0.4, -0.2) is 17.6 Å². The summed E-state index contributed by atoms with van der Waals surface area (Å²) in [6, 6.07) is 23.5. The SMILES string of the molecule is CCCc1ccccc1N1C(=O)CS[C@@H]1c1cccc(NC(=O)c2ccccc2C)c1. The number of hydrogen-bond acceptors (Lipinski definition) is 3. The van der Waals surface area contributed by atoms with Crippen molar-refractivity contribution in [3.63, 3.8) is 0 Å². The van der Waals surface area contributed by atoms with Gasteiger partial charge in [-0.15, -0.1) is 11.8 Å². The molecule has 0 radical (unpaired) electrons. The maximum atomic E-state index is 12.8. The van der Waals surface area contributed by atoms with Gasteiger partial charge < -0.3 is 5.32 Å². The van der Waals surface area contributed by atoms with Crippen molar-refractivity contribution in [1.29, 1.82) is 0 Å². The second-order valence-corrected chi connectivity index (χ2v) is 8.77. The number of aryl methyl sites for hydroxylation is 2. The number of carbonyl (C=O) groups excluding carboxylic acids is 2. The molecule has 1 atom stereocenters. The summed E-state index contributed by atoms with van der Waals surface area (Å²) in [6.07, 6.45) is 1.96. The molecule has 0 spiro atoms. The fourth-order valence-corrected chi connectivity index (χ4v) is 5.11. The number of amides is 2. The number of anilines is 2. The number of carbonyl (C=O) groups is 2. The minimum atomic E-state index is -0.129. The van der Waals surface area contributed by atoms with Gasteiger partial charge in [0.1, 0.15) is 5.37 Å². The highest BCUT2D eigenvalue weighted by Crippen LogP contribution is 2.43. The minimum absolute atomic E-state index is 0.110. The van der Waals surface area contributed by atoms with Crippen molar-refractivity contribution >= 4 is 35.0 Å². The lowest BCUT2D eigenvalue weighted by Gasteiger charge is -2.27. The van der Waals surface area contributed by atoms with Gasteiger partial charge in [-0.05, 0) is 54.3 Å². The highest BCUT2D eigenvalue weighted by molar-refractivity contribution is 8.00. The molecule has 4 nitrogen and oxygen atoms in total. The van der Waals surface area contributed by atoms with Gasteiger partial charge in [0.2, 0.25) is 5.91 Å². The van der Waals surface area contributed by atoms with Crippen molar-refractivity contribution in [2.75, 3.05) is 16.0 Å². The second-order valence-electron chi connectivity index (χ2n) is 7.70. The summed E-state index contributed by atoms with van der Waals surface area (Å²) in [6.45, 7) is 4.08. The third kappa shape index (κ3) is 4.52. The molecular weight excluding hydrogens is 404 g/mol. The third-order valence-electron chi connectivity index (χ3n) is 5.46. The molecule has 1 aliphatic rings. The molecule has 0 saturated carbocycles. The number of nitrogens with zero attached hydrogens (tertiary/aromatic N) is 1. The first-order valence-corrected chi connectivity index (χ1v) is 11.6. The maximum absolute atomic E-state index is 12.8. The average Bonchev–Trinajstić information content (AvgIpc) is 3.16. The molecule has 1 N–H and O–H groups in total. The topological polar surface area (TPSA) is 49.4 Å². The van der Waals surface area contributed by atoms with Crippen molar-refractivity contribution in [3.05, 3.63) is 95.1 Å². The molecule has 1 fully saturated rings. The Labute approximate surface area is 187 Å². The van der Waals surface area contributed by atoms with E-state index in [1.807, 2.05) is 78.6 Å². The first kappa shape index (κ1) is 21.2. The molecule has 4 rings (SSSR count). The number of thioether (sulfide) groups is 1. The van der Waals surface area contributed by atoms with Crippen LogP contribution in [0.1, 0.15) is 45.8 Å². The smallest absolute Gasteiger partial charge is 0.255 e. The average molecular weight is 431 g/mol. The Morgan fingerprint density at radius 2 is 1.84 bits per heavy atom. The van der Waals surface area contributed by atoms with Crippen LogP contribution in [0.2, 0.25) is 0 Å². The molecule has 1 saturated heterocycles. The molecule has 31 heavy (non-hydrogen) atoms. The van der Waals surface area contributed by atoms with E-state index in [1.54, 1.807) is 11.8 Å². The predicted octanol–water partition coefficient (Wildman–Crippen LogP) is 5.98. The predicted molar refractivity (Wildman–Crippen MR) is 129 cm³/mol. The Balaban J connectivity index is 1.62. The van der Waals surface area contributed by atoms with Gasteiger partial charge in [0.25, 0.3) is 5.91 Å². The molecule has 2 amide bonds. The third-order valence-corrected chi connectivity index (χ3v) is 6.67. The number of rotatable bonds is 6. The van der Waals surface area contributed by atoms with Gasteiger partial charge in [0, 0.05) is 16.9 Å². The van der Waals surface area contributed by atoms with Crippen molar-refractivity contribution in [3.8, 4) is 0 Å². The lowest BCUT2D eigenvalue weighted by molar-refractivity contribution is -0.115. The number of benzene rings is 3. The highest BCUT2D eigenvalue weighted by Gasteiger charge is 2.35. The van der Waals surface area contributed by atoms with Crippen LogP contribution in [0.3, 0.4) is 0 Å². The highest BCUT2D eigenvalue weighted by atomic mass is 32.2. The van der Waals surface area contributed by atoms with E-state index in [1.165, 1.54) is 5.56 Å². The molecule has 0 unspecified atom stereocenters. The van der Waals surface area contributed by atoms with E-state index in [0.29, 0.717) is 11.3 Å². The summed E-state index contributed by atoms with van der Waals surface area (Å²) in [5.41, 5.74) is 5.51. The molecule has 1 aliphatic heterocycles. The summed E-state index contributed by atoms with van der Waals surface area (Å²) in [7, 11) is 0. The van der Waals surface area contributed by atoms with Crippen LogP contribution < -0.4 is 10.2 Å². The molecule has 3 aromatic rings. The summed E-state index contributed by atoms with van der Waals surface area (Å²) >= 11 is 1.62. The van der Waals surface area contributed by atoms with Gasteiger partial charge in [-0.25, -0.2) is 0 Å². The minimum Gasteiger partial charge on any atom is -0.322 e. The van der Waals surface area contributed by atoms with E-state index < -0.39 is 0 Å². The van der Waals surface area contributed by atoms with E-state index in [-0.39, 0.29) is 17.2 Å². The Kier molecular flexibility index (Phi) is 6.42. The van der Waals surface area contributed by atoms with Crippen LogP contribution >= 0.6 is 11.8 Å². The first-order valence-electron chi connectivity index (χ1n) is 10.6. The lowest BCUT2D eigenvalue weighted by atomic mass is 10.1. The number of nitrogens with one attached hydrogen (secondary N) is 1. The van der Waals surface area contributed by atoms with E-state index in [2.05, 4.69) is 18.3 Å². The van der Waals surface area contributed by atoms with Gasteiger partial charge in [0.05, 0.1) is 5.75 Å². The molecule has 0 bridgehead atoms. The zero-order valence-electron chi connectivity index (χ0n) is 17.8. The van der Waals surface area contributed by atoms with E-state index in [9.17, 15) is 9.59 Å². The lowest BCUT2D eigenvalue weighted by Crippen LogP contribution is -2.28. The van der Waals surface area contributed by atoms with Gasteiger partial charge in [0.15, 0.2) is 0 Å². The van der Waals surface area contributed by atoms with Crippen LogP contribution in [0, 0.1) is 6.92 Å². The van der Waals surface area contributed by atoms with Gasteiger partial charge >= 0.3 is 0 Å². The number of hydrogen-bond donors (Lipinski definition) is 1. The molecular formula is C26H26N2O2S. The molecule has 1 heterocycles. The Morgan fingerprint density at radius 3 is 2.65 bits per heavy atom. The van der Waals surface area contributed by atoms with Gasteiger partial charge in [-0.2, -0.15) is 0 Å². The summed E-state index contributed by atoms with van der Waals surface area (Å²) in [4.78, 5) is 27.5. The second kappa shape index (κ2) is 9.40. The normalized spacial score (nSPS) is 15.9. The molecule has 158 valence electrons. The fraction of sp³-hybridized carbons (Fsp3) is 0.231. The van der Waals surface area contributed by atoms with Crippen molar-refractivity contribution in [1.82, 2.24) is 0 Å². The summed E-state index contributed by atoms with van der Waals surface area (Å²) in [5, 5.41) is 2.90. The maximum Gasteiger partial charge on any atom is 0.255 e. The summed E-state index contributed by atoms with van der Waals surface area (Å²) < 4.78 is 0. The zero-order valence-corrected chi connectivity index (χ0v) is 18.6. The zero-order chi connectivity index (χ0) is 21.8. The Hall–Kier alpha value is -3.05. The van der Waals surface area contributed by atoms with Gasteiger partial charge in [-0.1, -0.05) is 61.9 Å². The van der Waals surface area contributed by atoms with E-state index in [0.717, 1.165) is 35.3 Å². The van der Waals surface area contributed by atoms with E-state index >= 15 is 0 Å². The van der Waals surface area contributed by atoms with Crippen molar-refractivity contribution < 1.29 is 9.59 Å². The van der Waals surface area contributed by atoms with Crippen molar-refractivity contribution in [2.45, 2.75) is 32.1 Å². The monoisotopic (exact) mass is 430 g/mol. The van der Waals surface area contributed by atoms with Crippen LogP contribution in [-0.2, 0) is 11.2 Å². The first-order chi connectivity index (χ1) is 15.1. The fourth-order valence-electron chi connectivity index (χ4n) is 3.95. The Morgan fingerprint density at radius 1 is 1.06 bits per heavy atom. The molecule has 5 heteroatoms. The van der Waals surface area contributed by atoms with Crippen LogP contribution in [0.15, 0.2) is 72.8 Å². The standard InChI is InChI=1S/C26H26N2O2S/c1-3-9-19-11-5-7-15-23(19)28-24(29)17-31-26(28)20-12-8-13-21(16-20)27-25(30)22-14-6-4-10-18(22)2/h4-8,10-16,26H,3,9,17H2,1-2H3,(H,27,30)/t26-/m1/s1.